The number of sulfonamides is 1. The molecule has 2 heterocycles. The number of ether oxygens (including phenoxy) is 2. The van der Waals surface area contributed by atoms with Gasteiger partial charge >= 0.3 is 11.9 Å². The van der Waals surface area contributed by atoms with E-state index < -0.39 is 33.6 Å². The summed E-state index contributed by atoms with van der Waals surface area (Å²) in [6, 6.07) is 12.2. The molecule has 12 heteroatoms. The zero-order chi connectivity index (χ0) is 24.6. The number of benzene rings is 2. The number of nitrogens with one attached hydrogen (secondary N) is 1. The number of aromatic nitrogens is 2. The lowest BCUT2D eigenvalue weighted by atomic mass is 10.2. The average Bonchev–Trinajstić information content (AvgIpc) is 3.30. The van der Waals surface area contributed by atoms with Crippen LogP contribution in [-0.4, -0.2) is 42.4 Å². The van der Waals surface area contributed by atoms with Gasteiger partial charge in [-0.2, -0.15) is 0 Å². The Hall–Kier alpha value is -3.57. The maximum atomic E-state index is 13.1. The molecule has 0 bridgehead atoms. The first-order valence-electron chi connectivity index (χ1n) is 10.1. The molecular formula is C22H20ClN3O7S. The van der Waals surface area contributed by atoms with Crippen LogP contribution in [0.25, 0.3) is 5.69 Å². The van der Waals surface area contributed by atoms with E-state index in [-0.39, 0.29) is 34.2 Å². The molecule has 1 saturated heterocycles. The van der Waals surface area contributed by atoms with Crippen LogP contribution in [0.5, 0.6) is 0 Å². The molecule has 1 aromatic heterocycles. The minimum Gasteiger partial charge on any atom is -0.463 e. The molecule has 1 N–H and O–H groups in total. The van der Waals surface area contributed by atoms with Crippen molar-refractivity contribution in [1.82, 2.24) is 9.36 Å². The summed E-state index contributed by atoms with van der Waals surface area (Å²) in [7, 11) is -2.66. The molecular weight excluding hydrogens is 486 g/mol. The van der Waals surface area contributed by atoms with Crippen molar-refractivity contribution in [2.75, 3.05) is 11.3 Å². The first-order chi connectivity index (χ1) is 16.1. The Morgan fingerprint density at radius 2 is 1.88 bits per heavy atom. The summed E-state index contributed by atoms with van der Waals surface area (Å²) >= 11 is 6.08. The summed E-state index contributed by atoms with van der Waals surface area (Å²) < 4.78 is 41.3. The number of carbonyl (C=O) groups excluding carboxylic acids is 2. The van der Waals surface area contributed by atoms with Gasteiger partial charge in [0.2, 0.25) is 6.10 Å². The van der Waals surface area contributed by atoms with Crippen LogP contribution in [0.15, 0.2) is 58.2 Å². The quantitative estimate of drug-likeness (QED) is 0.510. The first-order valence-corrected chi connectivity index (χ1v) is 12.0. The summed E-state index contributed by atoms with van der Waals surface area (Å²) in [4.78, 5) is 36.8. The van der Waals surface area contributed by atoms with E-state index in [0.29, 0.717) is 11.4 Å². The van der Waals surface area contributed by atoms with Gasteiger partial charge in [0, 0.05) is 13.5 Å². The molecule has 1 aliphatic heterocycles. The summed E-state index contributed by atoms with van der Waals surface area (Å²) in [5, 5.41) is -0.0577. The van der Waals surface area contributed by atoms with Crippen LogP contribution in [0.1, 0.15) is 22.5 Å². The molecule has 3 aromatic rings. The molecule has 0 spiro atoms. The molecule has 2 aromatic carbocycles. The highest BCUT2D eigenvalue weighted by Gasteiger charge is 2.32. The second-order valence-corrected chi connectivity index (χ2v) is 9.62. The number of rotatable bonds is 6. The van der Waals surface area contributed by atoms with E-state index >= 15 is 0 Å². The number of halogens is 1. The molecule has 0 unspecified atom stereocenters. The number of para-hydroxylation sites is 1. The Morgan fingerprint density at radius 1 is 1.18 bits per heavy atom. The van der Waals surface area contributed by atoms with Crippen LogP contribution in [0.4, 0.5) is 5.69 Å². The lowest BCUT2D eigenvalue weighted by molar-refractivity contribution is -0.145. The molecule has 0 saturated carbocycles. The molecule has 1 atom stereocenters. The van der Waals surface area contributed by atoms with Gasteiger partial charge < -0.3 is 9.47 Å². The van der Waals surface area contributed by atoms with Crippen LogP contribution in [-0.2, 0) is 31.3 Å². The van der Waals surface area contributed by atoms with E-state index in [0.717, 1.165) is 6.07 Å². The number of anilines is 1. The zero-order valence-corrected chi connectivity index (χ0v) is 19.7. The zero-order valence-electron chi connectivity index (χ0n) is 18.1. The lowest BCUT2D eigenvalue weighted by Crippen LogP contribution is -2.24. The highest BCUT2D eigenvalue weighted by Crippen LogP contribution is 2.25. The van der Waals surface area contributed by atoms with Crippen molar-refractivity contribution < 1.29 is 27.5 Å². The number of nitrogens with zero attached hydrogens (tertiary/aromatic N) is 2. The normalized spacial score (nSPS) is 15.7. The van der Waals surface area contributed by atoms with Gasteiger partial charge in [-0.05, 0) is 37.3 Å². The molecule has 0 aliphatic carbocycles. The van der Waals surface area contributed by atoms with Crippen LogP contribution >= 0.6 is 11.6 Å². The number of carbonyl (C=O) groups is 2. The highest BCUT2D eigenvalue weighted by atomic mass is 35.5. The number of esters is 2. The topological polar surface area (TPSA) is 126 Å². The van der Waals surface area contributed by atoms with Gasteiger partial charge in [-0.25, -0.2) is 22.7 Å². The summed E-state index contributed by atoms with van der Waals surface area (Å²) in [5.74, 6) is -1.64. The SMILES string of the molecule is Cc1c(NS(=O)(=O)c2ccc(Cl)c(C(=O)O[C@H]3CCOC3=O)c2)c(=O)n(-c2ccccc2)n1C. The largest absolute Gasteiger partial charge is 0.463 e. The standard InChI is InChI=1S/C22H20ClN3O7S/c1-13-19(20(27)26(25(13)2)14-6-4-3-5-7-14)24-34(30,31)15-8-9-17(23)16(12-15)21(28)33-18-10-11-32-22(18)29/h3-9,12,18,24H,10-11H2,1-2H3/t18-/m0/s1. The molecule has 10 nitrogen and oxygen atoms in total. The second kappa shape index (κ2) is 8.99. The number of hydrogen-bond acceptors (Lipinski definition) is 7. The van der Waals surface area contributed by atoms with E-state index in [4.69, 9.17) is 21.1 Å². The molecule has 1 aliphatic rings. The van der Waals surface area contributed by atoms with Crippen LogP contribution in [0.3, 0.4) is 0 Å². The van der Waals surface area contributed by atoms with Crippen molar-refractivity contribution in [2.45, 2.75) is 24.3 Å². The summed E-state index contributed by atoms with van der Waals surface area (Å²) in [6.07, 6.45) is -0.881. The fourth-order valence-electron chi connectivity index (χ4n) is 3.48. The Morgan fingerprint density at radius 3 is 2.53 bits per heavy atom. The maximum absolute atomic E-state index is 13.1. The smallest absolute Gasteiger partial charge is 0.347 e. The fraction of sp³-hybridized carbons (Fsp3) is 0.227. The first kappa shape index (κ1) is 23.6. The Bertz CT molecular complexity index is 1450. The Balaban J connectivity index is 1.66. The molecule has 178 valence electrons. The van der Waals surface area contributed by atoms with Crippen LogP contribution < -0.4 is 10.3 Å². The van der Waals surface area contributed by atoms with Gasteiger partial charge in [-0.15, -0.1) is 0 Å². The monoisotopic (exact) mass is 505 g/mol. The molecule has 1 fully saturated rings. The van der Waals surface area contributed by atoms with Crippen LogP contribution in [0, 0.1) is 6.92 Å². The number of hydrogen-bond donors (Lipinski definition) is 1. The summed E-state index contributed by atoms with van der Waals surface area (Å²) in [5.41, 5.74) is -0.00532. The van der Waals surface area contributed by atoms with E-state index in [2.05, 4.69) is 4.72 Å². The van der Waals surface area contributed by atoms with Crippen molar-refractivity contribution in [2.24, 2.45) is 7.05 Å². The van der Waals surface area contributed by atoms with Crippen molar-refractivity contribution in [3.05, 3.63) is 75.2 Å². The van der Waals surface area contributed by atoms with Crippen molar-refractivity contribution in [3.63, 3.8) is 0 Å². The van der Waals surface area contributed by atoms with Gasteiger partial charge in [0.05, 0.1) is 33.5 Å². The van der Waals surface area contributed by atoms with E-state index in [1.807, 2.05) is 0 Å². The van der Waals surface area contributed by atoms with E-state index in [9.17, 15) is 22.8 Å². The van der Waals surface area contributed by atoms with Crippen molar-refractivity contribution in [1.29, 1.82) is 0 Å². The third-order valence-electron chi connectivity index (χ3n) is 5.40. The molecule has 34 heavy (non-hydrogen) atoms. The minimum atomic E-state index is -4.29. The number of cyclic esters (lactones) is 1. The van der Waals surface area contributed by atoms with E-state index in [1.165, 1.54) is 21.5 Å². The Labute approximate surface area is 199 Å². The average molecular weight is 506 g/mol. The van der Waals surface area contributed by atoms with E-state index in [1.54, 1.807) is 44.3 Å². The van der Waals surface area contributed by atoms with Gasteiger partial charge in [0.1, 0.15) is 5.69 Å². The predicted molar refractivity (Wildman–Crippen MR) is 123 cm³/mol. The second-order valence-electron chi connectivity index (χ2n) is 7.53. The minimum absolute atomic E-state index is 0.0577. The molecule has 0 radical (unpaired) electrons. The Kier molecular flexibility index (Phi) is 6.24. The predicted octanol–water partition coefficient (Wildman–Crippen LogP) is 2.41. The maximum Gasteiger partial charge on any atom is 0.347 e. The fourth-order valence-corrected chi connectivity index (χ4v) is 4.82. The summed E-state index contributed by atoms with van der Waals surface area (Å²) in [6.45, 7) is 1.73. The molecule has 0 amide bonds. The third kappa shape index (κ3) is 4.31. The third-order valence-corrected chi connectivity index (χ3v) is 7.07. The van der Waals surface area contributed by atoms with Crippen molar-refractivity contribution in [3.8, 4) is 5.69 Å². The highest BCUT2D eigenvalue weighted by molar-refractivity contribution is 7.92. The van der Waals surface area contributed by atoms with Gasteiger partial charge in [-0.3, -0.25) is 14.2 Å². The van der Waals surface area contributed by atoms with Crippen LogP contribution in [0.2, 0.25) is 5.02 Å². The lowest BCUT2D eigenvalue weighted by Gasteiger charge is -2.12. The van der Waals surface area contributed by atoms with Gasteiger partial charge in [0.25, 0.3) is 15.6 Å². The van der Waals surface area contributed by atoms with Gasteiger partial charge in [-0.1, -0.05) is 29.8 Å². The van der Waals surface area contributed by atoms with Crippen molar-refractivity contribution >= 4 is 39.3 Å². The molecule has 4 rings (SSSR count). The van der Waals surface area contributed by atoms with Gasteiger partial charge in [0.15, 0.2) is 0 Å².